The standard InChI is InChI=1S/C29H36N4O2/c1-34-29-9-5-7-25(19-29)22-33(21-24-6-4-8-27(18-24)32-12-2-3-13-32)28-10-11-30-26(20-28)23-31-14-16-35-17-15-31/h4-11,18-20H,2-3,12-17,21-23H2,1H3. The zero-order chi connectivity index (χ0) is 23.9. The Balaban J connectivity index is 1.40. The molecule has 2 aromatic carbocycles. The maximum absolute atomic E-state index is 5.51. The number of ether oxygens (including phenoxy) is 2. The molecule has 0 atom stereocenters. The molecule has 0 amide bonds. The number of hydrogen-bond acceptors (Lipinski definition) is 6. The summed E-state index contributed by atoms with van der Waals surface area (Å²) in [4.78, 5) is 12.1. The molecule has 0 saturated carbocycles. The van der Waals surface area contributed by atoms with E-state index in [4.69, 9.17) is 9.47 Å². The zero-order valence-corrected chi connectivity index (χ0v) is 20.7. The average molecular weight is 473 g/mol. The molecule has 0 spiro atoms. The minimum atomic E-state index is 0.798. The number of rotatable bonds is 9. The van der Waals surface area contributed by atoms with Gasteiger partial charge in [-0.25, -0.2) is 0 Å². The lowest BCUT2D eigenvalue weighted by Crippen LogP contribution is -2.35. The number of nitrogens with zero attached hydrogens (tertiary/aromatic N) is 4. The summed E-state index contributed by atoms with van der Waals surface area (Å²) in [5.41, 5.74) is 6.18. The quantitative estimate of drug-likeness (QED) is 0.449. The third-order valence-corrected chi connectivity index (χ3v) is 6.92. The molecule has 2 aliphatic heterocycles. The first-order valence-electron chi connectivity index (χ1n) is 12.7. The Labute approximate surface area is 209 Å². The molecule has 0 bridgehead atoms. The fourth-order valence-corrected chi connectivity index (χ4v) is 5.01. The van der Waals surface area contributed by atoms with E-state index in [-0.39, 0.29) is 0 Å². The lowest BCUT2D eigenvalue weighted by atomic mass is 10.1. The monoisotopic (exact) mass is 472 g/mol. The van der Waals surface area contributed by atoms with Crippen LogP contribution in [-0.4, -0.2) is 56.4 Å². The van der Waals surface area contributed by atoms with Gasteiger partial charge in [0, 0.05) is 63.4 Å². The van der Waals surface area contributed by atoms with Crippen LogP contribution in [0.15, 0.2) is 66.9 Å². The smallest absolute Gasteiger partial charge is 0.119 e. The van der Waals surface area contributed by atoms with E-state index in [2.05, 4.69) is 74.3 Å². The molecule has 2 fully saturated rings. The van der Waals surface area contributed by atoms with Gasteiger partial charge < -0.3 is 19.3 Å². The zero-order valence-electron chi connectivity index (χ0n) is 20.7. The number of aromatic nitrogens is 1. The Morgan fingerprint density at radius 2 is 1.63 bits per heavy atom. The van der Waals surface area contributed by atoms with Gasteiger partial charge in [-0.2, -0.15) is 0 Å². The topological polar surface area (TPSA) is 41.1 Å². The van der Waals surface area contributed by atoms with Crippen molar-refractivity contribution in [2.24, 2.45) is 0 Å². The molecule has 2 aliphatic rings. The molecule has 1 aromatic heterocycles. The SMILES string of the molecule is COc1cccc(CN(Cc2cccc(N3CCCC3)c2)c2ccnc(CN3CCOCC3)c2)c1. The molecule has 6 nitrogen and oxygen atoms in total. The van der Waals surface area contributed by atoms with E-state index in [9.17, 15) is 0 Å². The van der Waals surface area contributed by atoms with Gasteiger partial charge in [0.1, 0.15) is 5.75 Å². The summed E-state index contributed by atoms with van der Waals surface area (Å²) in [7, 11) is 1.72. The summed E-state index contributed by atoms with van der Waals surface area (Å²) in [6.07, 6.45) is 4.52. The van der Waals surface area contributed by atoms with Gasteiger partial charge in [0.25, 0.3) is 0 Å². The Bertz CT molecular complexity index is 1090. The van der Waals surface area contributed by atoms with Gasteiger partial charge in [0.05, 0.1) is 26.0 Å². The van der Waals surface area contributed by atoms with Crippen LogP contribution >= 0.6 is 0 Å². The van der Waals surface area contributed by atoms with Crippen LogP contribution in [0.3, 0.4) is 0 Å². The van der Waals surface area contributed by atoms with Crippen LogP contribution in [0.5, 0.6) is 5.75 Å². The van der Waals surface area contributed by atoms with Crippen molar-refractivity contribution < 1.29 is 9.47 Å². The second kappa shape index (κ2) is 11.6. The first-order chi connectivity index (χ1) is 17.3. The Kier molecular flexibility index (Phi) is 7.81. The van der Waals surface area contributed by atoms with Crippen molar-refractivity contribution >= 4 is 11.4 Å². The molecule has 0 unspecified atom stereocenters. The molecule has 0 radical (unpaired) electrons. The molecule has 0 aliphatic carbocycles. The molecule has 184 valence electrons. The number of pyridine rings is 1. The summed E-state index contributed by atoms with van der Waals surface area (Å²) in [5, 5.41) is 0. The lowest BCUT2D eigenvalue weighted by Gasteiger charge is -2.28. The van der Waals surface area contributed by atoms with E-state index in [0.717, 1.165) is 70.5 Å². The van der Waals surface area contributed by atoms with E-state index < -0.39 is 0 Å². The van der Waals surface area contributed by atoms with Crippen LogP contribution in [-0.2, 0) is 24.4 Å². The van der Waals surface area contributed by atoms with Crippen LogP contribution in [0.2, 0.25) is 0 Å². The predicted molar refractivity (Wildman–Crippen MR) is 141 cm³/mol. The molecule has 35 heavy (non-hydrogen) atoms. The Morgan fingerprint density at radius 3 is 2.40 bits per heavy atom. The fraction of sp³-hybridized carbons (Fsp3) is 0.414. The summed E-state index contributed by atoms with van der Waals surface area (Å²) < 4.78 is 11.0. The molecule has 2 saturated heterocycles. The highest BCUT2D eigenvalue weighted by atomic mass is 16.5. The summed E-state index contributed by atoms with van der Waals surface area (Å²) in [6, 6.07) is 21.8. The van der Waals surface area contributed by atoms with Gasteiger partial charge in [-0.15, -0.1) is 0 Å². The highest BCUT2D eigenvalue weighted by Crippen LogP contribution is 2.26. The Morgan fingerprint density at radius 1 is 0.886 bits per heavy atom. The minimum Gasteiger partial charge on any atom is -0.497 e. The minimum absolute atomic E-state index is 0.798. The van der Waals surface area contributed by atoms with E-state index in [1.807, 2.05) is 12.3 Å². The second-order valence-corrected chi connectivity index (χ2v) is 9.47. The lowest BCUT2D eigenvalue weighted by molar-refractivity contribution is 0.0336. The third kappa shape index (κ3) is 6.32. The van der Waals surface area contributed by atoms with Crippen LogP contribution < -0.4 is 14.5 Å². The largest absolute Gasteiger partial charge is 0.497 e. The van der Waals surface area contributed by atoms with Gasteiger partial charge in [-0.05, 0) is 60.4 Å². The van der Waals surface area contributed by atoms with E-state index in [0.29, 0.717) is 0 Å². The van der Waals surface area contributed by atoms with Crippen molar-refractivity contribution in [1.29, 1.82) is 0 Å². The van der Waals surface area contributed by atoms with Crippen molar-refractivity contribution in [2.45, 2.75) is 32.5 Å². The second-order valence-electron chi connectivity index (χ2n) is 9.47. The molecule has 3 aromatic rings. The van der Waals surface area contributed by atoms with Crippen LogP contribution in [0.1, 0.15) is 29.7 Å². The third-order valence-electron chi connectivity index (χ3n) is 6.92. The molecular formula is C29H36N4O2. The molecular weight excluding hydrogens is 436 g/mol. The van der Waals surface area contributed by atoms with Crippen molar-refractivity contribution in [1.82, 2.24) is 9.88 Å². The number of morpholine rings is 1. The van der Waals surface area contributed by atoms with Crippen molar-refractivity contribution in [3.63, 3.8) is 0 Å². The van der Waals surface area contributed by atoms with Gasteiger partial charge >= 0.3 is 0 Å². The van der Waals surface area contributed by atoms with Crippen LogP contribution in [0.25, 0.3) is 0 Å². The average Bonchev–Trinajstić information content (AvgIpc) is 3.45. The predicted octanol–water partition coefficient (Wildman–Crippen LogP) is 4.73. The van der Waals surface area contributed by atoms with E-state index in [1.165, 1.54) is 35.3 Å². The summed E-state index contributed by atoms with van der Waals surface area (Å²) in [6.45, 7) is 8.33. The number of methoxy groups -OCH3 is 1. The molecule has 5 rings (SSSR count). The van der Waals surface area contributed by atoms with Crippen LogP contribution in [0.4, 0.5) is 11.4 Å². The van der Waals surface area contributed by atoms with E-state index in [1.54, 1.807) is 7.11 Å². The Hall–Kier alpha value is -3.09. The number of anilines is 2. The van der Waals surface area contributed by atoms with Gasteiger partial charge in [-0.1, -0.05) is 24.3 Å². The summed E-state index contributed by atoms with van der Waals surface area (Å²) in [5.74, 6) is 0.890. The van der Waals surface area contributed by atoms with Crippen molar-refractivity contribution in [3.05, 3.63) is 83.7 Å². The first-order valence-corrected chi connectivity index (χ1v) is 12.7. The number of benzene rings is 2. The van der Waals surface area contributed by atoms with Gasteiger partial charge in [-0.3, -0.25) is 9.88 Å². The van der Waals surface area contributed by atoms with Gasteiger partial charge in [0.2, 0.25) is 0 Å². The first kappa shape index (κ1) is 23.6. The van der Waals surface area contributed by atoms with Crippen molar-refractivity contribution in [3.8, 4) is 5.75 Å². The van der Waals surface area contributed by atoms with Crippen molar-refractivity contribution in [2.75, 3.05) is 56.3 Å². The summed E-state index contributed by atoms with van der Waals surface area (Å²) >= 11 is 0. The van der Waals surface area contributed by atoms with Crippen LogP contribution in [0, 0.1) is 0 Å². The maximum Gasteiger partial charge on any atom is 0.119 e. The highest BCUT2D eigenvalue weighted by molar-refractivity contribution is 5.52. The number of hydrogen-bond donors (Lipinski definition) is 0. The molecule has 0 N–H and O–H groups in total. The normalized spacial score (nSPS) is 16.4. The maximum atomic E-state index is 5.51. The fourth-order valence-electron chi connectivity index (χ4n) is 5.01. The van der Waals surface area contributed by atoms with Gasteiger partial charge in [0.15, 0.2) is 0 Å². The highest BCUT2D eigenvalue weighted by Gasteiger charge is 2.16. The molecule has 3 heterocycles. The molecule has 6 heteroatoms. The van der Waals surface area contributed by atoms with E-state index >= 15 is 0 Å².